The van der Waals surface area contributed by atoms with Gasteiger partial charge in [-0.3, -0.25) is 19.2 Å². The highest BCUT2D eigenvalue weighted by Crippen LogP contribution is 2.20. The molecular weight excluding hydrogens is 956 g/mol. The first kappa shape index (κ1) is 57.8. The summed E-state index contributed by atoms with van der Waals surface area (Å²) in [5.41, 5.74) is 9.95. The normalized spacial score (nSPS) is 12.0. The van der Waals surface area contributed by atoms with E-state index in [-0.39, 0.29) is 41.9 Å². The molecule has 2 aliphatic heterocycles. The van der Waals surface area contributed by atoms with Crippen LogP contribution in [0, 0.1) is 11.6 Å². The van der Waals surface area contributed by atoms with E-state index in [1.807, 2.05) is 91.8 Å². The van der Waals surface area contributed by atoms with Crippen molar-refractivity contribution in [1.29, 1.82) is 0 Å². The van der Waals surface area contributed by atoms with Crippen molar-refractivity contribution in [3.8, 4) is 23.0 Å². The van der Waals surface area contributed by atoms with Gasteiger partial charge in [0.15, 0.2) is 11.6 Å². The number of hydrogen-bond acceptors (Lipinski definition) is 12. The maximum atomic E-state index is 12.9. The number of Topliss-reactive ketones (excluding diaryl/α,β-unsaturated/α-hetero) is 2. The molecule has 6 aromatic rings. The maximum Gasteiger partial charge on any atom is 0.247 e. The van der Waals surface area contributed by atoms with E-state index < -0.39 is 5.24 Å². The molecule has 0 saturated heterocycles. The number of hydrogen-bond donors (Lipinski definition) is 1. The second kappa shape index (κ2) is 30.9. The van der Waals surface area contributed by atoms with Crippen molar-refractivity contribution in [2.24, 2.45) is 10.2 Å². The van der Waals surface area contributed by atoms with Gasteiger partial charge in [0, 0.05) is 61.0 Å². The van der Waals surface area contributed by atoms with Crippen LogP contribution in [0.3, 0.4) is 0 Å². The van der Waals surface area contributed by atoms with Crippen molar-refractivity contribution in [2.75, 3.05) is 62.2 Å². The van der Waals surface area contributed by atoms with Gasteiger partial charge in [-0.2, -0.15) is 10.2 Å². The number of hydrazone groups is 2. The number of halogens is 3. The molecule has 0 bridgehead atoms. The van der Waals surface area contributed by atoms with E-state index in [2.05, 4.69) is 15.6 Å². The first-order chi connectivity index (χ1) is 35.1. The molecule has 384 valence electrons. The van der Waals surface area contributed by atoms with E-state index in [4.69, 9.17) is 30.5 Å². The number of carbonyl (C=O) groups excluding carboxylic acids is 4. The minimum Gasteiger partial charge on any atom is -0.497 e. The molecule has 0 aliphatic carbocycles. The van der Waals surface area contributed by atoms with Crippen molar-refractivity contribution < 1.29 is 46.9 Å². The summed E-state index contributed by atoms with van der Waals surface area (Å²) in [4.78, 5) is 47.3. The highest BCUT2D eigenvalue weighted by molar-refractivity contribution is 6.63. The maximum absolute atomic E-state index is 12.9. The Morgan fingerprint density at radius 3 is 1.55 bits per heavy atom. The molecule has 6 aromatic carbocycles. The van der Waals surface area contributed by atoms with Gasteiger partial charge in [-0.15, -0.1) is 0 Å². The van der Waals surface area contributed by atoms with Gasteiger partial charge < -0.3 is 29.3 Å². The zero-order chi connectivity index (χ0) is 53.1. The average Bonchev–Trinajstić information content (AvgIpc) is 4.15. The van der Waals surface area contributed by atoms with Crippen LogP contribution >= 0.6 is 11.6 Å². The van der Waals surface area contributed by atoms with Crippen LogP contribution in [0.15, 0.2) is 156 Å². The fraction of sp³-hybridized carbons (Fsp3) is 0.263. The molecule has 13 nitrogen and oxygen atoms in total. The number of amides is 1. The Morgan fingerprint density at radius 2 is 1.08 bits per heavy atom. The number of nitrogens with one attached hydrogen (secondary N) is 1. The fourth-order valence-electron chi connectivity index (χ4n) is 6.77. The Kier molecular flexibility index (Phi) is 24.5. The smallest absolute Gasteiger partial charge is 0.247 e. The van der Waals surface area contributed by atoms with Crippen molar-refractivity contribution in [1.82, 2.24) is 15.3 Å². The van der Waals surface area contributed by atoms with Crippen LogP contribution in [-0.2, 0) is 22.4 Å². The number of carbonyl (C=O) groups is 4. The average molecular weight is 1020 g/mol. The summed E-state index contributed by atoms with van der Waals surface area (Å²) in [5.74, 6) is 2.61. The van der Waals surface area contributed by atoms with Gasteiger partial charge in [0.25, 0.3) is 0 Å². The second-order valence-corrected chi connectivity index (χ2v) is 16.9. The molecule has 0 radical (unpaired) electrons. The highest BCUT2D eigenvalue weighted by Gasteiger charge is 2.22. The molecule has 0 atom stereocenters. The third kappa shape index (κ3) is 20.9. The molecular formula is C57H62ClF2N5O8. The third-order valence-corrected chi connectivity index (χ3v) is 10.9. The SMILES string of the molecule is COc1cccc(C(=O)CCN(C)C)c1.COc1cccc(C(C)=O)c1.COc1cccc(C2=NN(C(=O)Cc3ccc(F)cc3)CC2)c1.COc1cccc(C2=NNCC2)c1.O=C(Cl)Cc1ccc(F)cc1. The quantitative estimate of drug-likeness (QED) is 0.0778. The second-order valence-electron chi connectivity index (χ2n) is 16.5. The Labute approximate surface area is 431 Å². The lowest BCUT2D eigenvalue weighted by Crippen LogP contribution is -2.25. The van der Waals surface area contributed by atoms with E-state index in [0.29, 0.717) is 24.9 Å². The van der Waals surface area contributed by atoms with Crippen molar-refractivity contribution in [2.45, 2.75) is 39.0 Å². The van der Waals surface area contributed by atoms with Crippen molar-refractivity contribution in [3.63, 3.8) is 0 Å². The Morgan fingerprint density at radius 1 is 0.616 bits per heavy atom. The molecule has 2 heterocycles. The summed E-state index contributed by atoms with van der Waals surface area (Å²) in [5, 5.41) is 9.66. The number of ketones is 2. The summed E-state index contributed by atoms with van der Waals surface area (Å²) in [7, 11) is 10.4. The zero-order valence-electron chi connectivity index (χ0n) is 42.2. The predicted molar refractivity (Wildman–Crippen MR) is 283 cm³/mol. The van der Waals surface area contributed by atoms with Crippen LogP contribution in [-0.4, -0.2) is 106 Å². The summed E-state index contributed by atoms with van der Waals surface area (Å²) in [6, 6.07) is 41.6. The first-order valence-electron chi connectivity index (χ1n) is 23.2. The van der Waals surface area contributed by atoms with Crippen LogP contribution in [0.1, 0.15) is 69.2 Å². The first-order valence-corrected chi connectivity index (χ1v) is 23.6. The minimum atomic E-state index is -0.434. The van der Waals surface area contributed by atoms with Crippen LogP contribution in [0.25, 0.3) is 0 Å². The molecule has 0 saturated carbocycles. The van der Waals surface area contributed by atoms with E-state index in [9.17, 15) is 28.0 Å². The van der Waals surface area contributed by atoms with Gasteiger partial charge in [-0.05, 0) is 117 Å². The Hall–Kier alpha value is -7.75. The predicted octanol–water partition coefficient (Wildman–Crippen LogP) is 10.3. The fourth-order valence-corrected chi connectivity index (χ4v) is 6.93. The molecule has 1 N–H and O–H groups in total. The minimum absolute atomic E-state index is 0.0592. The lowest BCUT2D eigenvalue weighted by atomic mass is 10.1. The summed E-state index contributed by atoms with van der Waals surface area (Å²) in [6.45, 7) is 3.81. The van der Waals surface area contributed by atoms with Gasteiger partial charge in [-0.1, -0.05) is 72.8 Å². The number of nitrogens with zero attached hydrogens (tertiary/aromatic N) is 4. The monoisotopic (exact) mass is 1020 g/mol. The molecule has 16 heteroatoms. The highest BCUT2D eigenvalue weighted by atomic mass is 35.5. The van der Waals surface area contributed by atoms with Crippen LogP contribution in [0.2, 0.25) is 0 Å². The van der Waals surface area contributed by atoms with Gasteiger partial charge in [0.2, 0.25) is 11.1 Å². The lowest BCUT2D eigenvalue weighted by molar-refractivity contribution is -0.130. The van der Waals surface area contributed by atoms with Gasteiger partial charge >= 0.3 is 0 Å². The standard InChI is InChI=1S/C18H17FN2O2.C12H17NO2.C10H12N2O.C9H10O2.C8H6ClFO/c1-23-16-4-2-3-14(12-16)17-9-10-21(20-17)18(22)11-13-5-7-15(19)8-6-13;1-13(2)8-7-12(14)10-5-4-6-11(9-10)15-3;1-13-9-4-2-3-8(7-9)10-5-6-11-12-10;1-7(10)8-4-3-5-9(6-8)11-2;9-8(11)5-6-1-3-7(10)4-2-6/h2-8,12H,9-11H2,1H3;4-6,9H,7-8H2,1-3H3;2-4,7,11H,5-6H2,1H3;3-6H,1-2H3;1-4H,5H2. The van der Waals surface area contributed by atoms with Gasteiger partial charge in [-0.25, -0.2) is 13.8 Å². The number of benzene rings is 6. The van der Waals surface area contributed by atoms with Crippen LogP contribution in [0.5, 0.6) is 23.0 Å². The largest absolute Gasteiger partial charge is 0.497 e. The van der Waals surface area contributed by atoms with Crippen molar-refractivity contribution >= 4 is 45.7 Å². The van der Waals surface area contributed by atoms with Crippen molar-refractivity contribution in [3.05, 3.63) is 191 Å². The van der Waals surface area contributed by atoms with E-state index in [1.54, 1.807) is 64.8 Å². The van der Waals surface area contributed by atoms with Crippen LogP contribution < -0.4 is 24.4 Å². The summed E-state index contributed by atoms with van der Waals surface area (Å²) >= 11 is 5.12. The molecule has 2 aliphatic rings. The molecule has 0 aromatic heterocycles. The summed E-state index contributed by atoms with van der Waals surface area (Å²) in [6.07, 6.45) is 2.62. The van der Waals surface area contributed by atoms with E-state index >= 15 is 0 Å². The molecule has 0 spiro atoms. The number of ether oxygens (including phenoxy) is 4. The van der Waals surface area contributed by atoms with E-state index in [1.165, 1.54) is 48.3 Å². The van der Waals surface area contributed by atoms with E-state index in [0.717, 1.165) is 81.7 Å². The topological polar surface area (TPSA) is 148 Å². The molecule has 73 heavy (non-hydrogen) atoms. The number of methoxy groups -OCH3 is 4. The molecule has 8 rings (SSSR count). The summed E-state index contributed by atoms with van der Waals surface area (Å²) < 4.78 is 45.6. The van der Waals surface area contributed by atoms with Gasteiger partial charge in [0.05, 0.1) is 52.8 Å². The molecule has 1 amide bonds. The van der Waals surface area contributed by atoms with Gasteiger partial charge in [0.1, 0.15) is 34.6 Å². The lowest BCUT2D eigenvalue weighted by Gasteiger charge is -2.11. The molecule has 0 fully saturated rings. The van der Waals surface area contributed by atoms with Crippen LogP contribution in [0.4, 0.5) is 8.78 Å². The number of rotatable bonds is 15. The Bertz CT molecular complexity index is 2790. The zero-order valence-corrected chi connectivity index (χ0v) is 43.0. The molecule has 0 unspecified atom stereocenters. The Balaban J connectivity index is 0.000000205. The third-order valence-electron chi connectivity index (χ3n) is 10.8.